The molecule has 1 unspecified atom stereocenters. The molecule has 0 amide bonds. The van der Waals surface area contributed by atoms with E-state index < -0.39 is 0 Å². The SMILES string of the molecule is CNC(COCCOC)Cc1ccccn1. The molecule has 16 heavy (non-hydrogen) atoms. The summed E-state index contributed by atoms with van der Waals surface area (Å²) in [7, 11) is 3.61. The first-order valence-electron chi connectivity index (χ1n) is 5.50. The van der Waals surface area contributed by atoms with Crippen LogP contribution in [0.3, 0.4) is 0 Å². The Morgan fingerprint density at radius 3 is 2.88 bits per heavy atom. The molecule has 1 aromatic heterocycles. The smallest absolute Gasteiger partial charge is 0.0701 e. The Hall–Kier alpha value is -0.970. The largest absolute Gasteiger partial charge is 0.382 e. The zero-order chi connectivity index (χ0) is 11.6. The van der Waals surface area contributed by atoms with Gasteiger partial charge in [0.05, 0.1) is 19.8 Å². The van der Waals surface area contributed by atoms with Gasteiger partial charge in [0, 0.05) is 31.5 Å². The minimum Gasteiger partial charge on any atom is -0.382 e. The van der Waals surface area contributed by atoms with Crippen molar-refractivity contribution in [3.8, 4) is 0 Å². The van der Waals surface area contributed by atoms with Crippen molar-refractivity contribution in [1.29, 1.82) is 0 Å². The Labute approximate surface area is 97.0 Å². The summed E-state index contributed by atoms with van der Waals surface area (Å²) in [6, 6.07) is 6.25. The van der Waals surface area contributed by atoms with Gasteiger partial charge in [-0.05, 0) is 19.2 Å². The van der Waals surface area contributed by atoms with Gasteiger partial charge in [-0.2, -0.15) is 0 Å². The van der Waals surface area contributed by atoms with Crippen molar-refractivity contribution in [2.45, 2.75) is 12.5 Å². The van der Waals surface area contributed by atoms with E-state index in [9.17, 15) is 0 Å². The summed E-state index contributed by atoms with van der Waals surface area (Å²) in [6.07, 6.45) is 2.69. The van der Waals surface area contributed by atoms with Gasteiger partial charge >= 0.3 is 0 Å². The zero-order valence-electron chi connectivity index (χ0n) is 9.98. The van der Waals surface area contributed by atoms with Crippen LogP contribution in [-0.2, 0) is 15.9 Å². The second-order valence-corrected chi connectivity index (χ2v) is 3.58. The molecule has 1 aromatic rings. The molecule has 0 radical (unpaired) electrons. The third kappa shape index (κ3) is 5.21. The molecule has 0 aliphatic heterocycles. The van der Waals surface area contributed by atoms with Gasteiger partial charge in [-0.1, -0.05) is 6.07 Å². The molecule has 1 rings (SSSR count). The number of hydrogen-bond acceptors (Lipinski definition) is 4. The lowest BCUT2D eigenvalue weighted by Gasteiger charge is -2.15. The highest BCUT2D eigenvalue weighted by atomic mass is 16.5. The minimum absolute atomic E-state index is 0.298. The maximum absolute atomic E-state index is 5.48. The summed E-state index contributed by atoms with van der Waals surface area (Å²) < 4.78 is 10.4. The molecule has 0 bridgehead atoms. The first-order valence-corrected chi connectivity index (χ1v) is 5.50. The summed E-state index contributed by atoms with van der Waals surface area (Å²) in [4.78, 5) is 4.29. The third-order valence-electron chi connectivity index (χ3n) is 2.34. The van der Waals surface area contributed by atoms with Crippen molar-refractivity contribution < 1.29 is 9.47 Å². The number of rotatable bonds is 8. The van der Waals surface area contributed by atoms with Crippen LogP contribution in [0.5, 0.6) is 0 Å². The molecular formula is C12H20N2O2. The van der Waals surface area contributed by atoms with Gasteiger partial charge in [-0.15, -0.1) is 0 Å². The molecule has 0 aliphatic rings. The number of aromatic nitrogens is 1. The molecule has 0 aromatic carbocycles. The maximum Gasteiger partial charge on any atom is 0.0701 e. The van der Waals surface area contributed by atoms with E-state index in [0.29, 0.717) is 25.9 Å². The molecule has 4 heteroatoms. The normalized spacial score (nSPS) is 12.6. The van der Waals surface area contributed by atoms with Crippen LogP contribution in [-0.4, -0.2) is 45.0 Å². The standard InChI is InChI=1S/C12H20N2O2/c1-13-12(10-16-8-7-15-2)9-11-5-3-4-6-14-11/h3-6,12-13H,7-10H2,1-2H3. The highest BCUT2D eigenvalue weighted by molar-refractivity contribution is 5.05. The van der Waals surface area contributed by atoms with Crippen LogP contribution in [0.25, 0.3) is 0 Å². The van der Waals surface area contributed by atoms with E-state index in [0.717, 1.165) is 12.1 Å². The highest BCUT2D eigenvalue weighted by Crippen LogP contribution is 1.99. The molecule has 0 saturated carbocycles. The van der Waals surface area contributed by atoms with Crippen LogP contribution in [0.2, 0.25) is 0 Å². The predicted molar refractivity (Wildman–Crippen MR) is 63.5 cm³/mol. The van der Waals surface area contributed by atoms with Gasteiger partial charge in [-0.25, -0.2) is 0 Å². The lowest BCUT2D eigenvalue weighted by molar-refractivity contribution is 0.0596. The number of likely N-dealkylation sites (N-methyl/N-ethyl adjacent to an activating group) is 1. The Morgan fingerprint density at radius 1 is 1.38 bits per heavy atom. The fraction of sp³-hybridized carbons (Fsp3) is 0.583. The van der Waals surface area contributed by atoms with Gasteiger partial charge < -0.3 is 14.8 Å². The maximum atomic E-state index is 5.48. The van der Waals surface area contributed by atoms with Crippen molar-refractivity contribution in [1.82, 2.24) is 10.3 Å². The van der Waals surface area contributed by atoms with Gasteiger partial charge in [0.15, 0.2) is 0 Å². The van der Waals surface area contributed by atoms with E-state index in [2.05, 4.69) is 10.3 Å². The first kappa shape index (κ1) is 13.1. The lowest BCUT2D eigenvalue weighted by atomic mass is 10.1. The van der Waals surface area contributed by atoms with Crippen LogP contribution in [0.1, 0.15) is 5.69 Å². The highest BCUT2D eigenvalue weighted by Gasteiger charge is 2.07. The van der Waals surface area contributed by atoms with Crippen molar-refractivity contribution in [3.63, 3.8) is 0 Å². The molecule has 0 fully saturated rings. The number of hydrogen-bond donors (Lipinski definition) is 1. The first-order chi connectivity index (χ1) is 7.86. The molecule has 1 N–H and O–H groups in total. The topological polar surface area (TPSA) is 43.4 Å². The molecule has 1 heterocycles. The van der Waals surface area contributed by atoms with E-state index >= 15 is 0 Å². The molecular weight excluding hydrogens is 204 g/mol. The fourth-order valence-electron chi connectivity index (χ4n) is 1.38. The number of pyridine rings is 1. The van der Waals surface area contributed by atoms with E-state index in [1.54, 1.807) is 7.11 Å². The summed E-state index contributed by atoms with van der Waals surface area (Å²) in [5.41, 5.74) is 1.08. The summed E-state index contributed by atoms with van der Waals surface area (Å²) >= 11 is 0. The van der Waals surface area contributed by atoms with Crippen molar-refractivity contribution in [2.24, 2.45) is 0 Å². The summed E-state index contributed by atoms with van der Waals surface area (Å²) in [5, 5.41) is 3.22. The molecule has 90 valence electrons. The Morgan fingerprint density at radius 2 is 2.25 bits per heavy atom. The third-order valence-corrected chi connectivity index (χ3v) is 2.34. The second kappa shape index (κ2) is 8.21. The second-order valence-electron chi connectivity index (χ2n) is 3.58. The van der Waals surface area contributed by atoms with Crippen LogP contribution in [0.15, 0.2) is 24.4 Å². The van der Waals surface area contributed by atoms with Crippen LogP contribution in [0.4, 0.5) is 0 Å². The van der Waals surface area contributed by atoms with Gasteiger partial charge in [0.25, 0.3) is 0 Å². The predicted octanol–water partition coefficient (Wildman–Crippen LogP) is 0.875. The lowest BCUT2D eigenvalue weighted by Crippen LogP contribution is -2.33. The zero-order valence-corrected chi connectivity index (χ0v) is 9.98. The average molecular weight is 224 g/mol. The Bertz CT molecular complexity index is 267. The fourth-order valence-corrected chi connectivity index (χ4v) is 1.38. The Kier molecular flexibility index (Phi) is 6.72. The van der Waals surface area contributed by atoms with Gasteiger partial charge in [-0.3, -0.25) is 4.98 Å². The van der Waals surface area contributed by atoms with Gasteiger partial charge in [0.1, 0.15) is 0 Å². The van der Waals surface area contributed by atoms with E-state index in [-0.39, 0.29) is 0 Å². The van der Waals surface area contributed by atoms with E-state index in [1.165, 1.54) is 0 Å². The van der Waals surface area contributed by atoms with Crippen LogP contribution >= 0.6 is 0 Å². The number of nitrogens with one attached hydrogen (secondary N) is 1. The monoisotopic (exact) mass is 224 g/mol. The summed E-state index contributed by atoms with van der Waals surface area (Å²) in [5.74, 6) is 0. The molecule has 0 spiro atoms. The van der Waals surface area contributed by atoms with E-state index in [1.807, 2.05) is 31.4 Å². The van der Waals surface area contributed by atoms with Crippen molar-refractivity contribution in [2.75, 3.05) is 34.0 Å². The molecule has 0 aliphatic carbocycles. The number of methoxy groups -OCH3 is 1. The van der Waals surface area contributed by atoms with Crippen molar-refractivity contribution >= 4 is 0 Å². The summed E-state index contributed by atoms with van der Waals surface area (Å²) in [6.45, 7) is 1.95. The average Bonchev–Trinajstić information content (AvgIpc) is 2.34. The van der Waals surface area contributed by atoms with Crippen LogP contribution < -0.4 is 5.32 Å². The Balaban J connectivity index is 2.26. The molecule has 1 atom stereocenters. The van der Waals surface area contributed by atoms with Crippen molar-refractivity contribution in [3.05, 3.63) is 30.1 Å². The molecule has 4 nitrogen and oxygen atoms in total. The molecule has 0 saturated heterocycles. The van der Waals surface area contributed by atoms with Crippen LogP contribution in [0, 0.1) is 0 Å². The quantitative estimate of drug-likeness (QED) is 0.666. The van der Waals surface area contributed by atoms with Gasteiger partial charge in [0.2, 0.25) is 0 Å². The number of ether oxygens (including phenoxy) is 2. The number of nitrogens with zero attached hydrogens (tertiary/aromatic N) is 1. The minimum atomic E-state index is 0.298. The van der Waals surface area contributed by atoms with E-state index in [4.69, 9.17) is 9.47 Å².